The summed E-state index contributed by atoms with van der Waals surface area (Å²) in [6.45, 7) is 5.65. The lowest BCUT2D eigenvalue weighted by molar-refractivity contribution is -0.120. The average Bonchev–Trinajstić information content (AvgIpc) is 2.57. The minimum atomic E-state index is -0.130. The van der Waals surface area contributed by atoms with Crippen molar-refractivity contribution in [1.29, 1.82) is 0 Å². The van der Waals surface area contributed by atoms with Gasteiger partial charge in [-0.1, -0.05) is 0 Å². The van der Waals surface area contributed by atoms with Crippen LogP contribution >= 0.6 is 0 Å². The SMILES string of the molecule is Cc1cc(C2NC(=O)C(C)N2)c(C)o1. The summed E-state index contributed by atoms with van der Waals surface area (Å²) >= 11 is 0. The van der Waals surface area contributed by atoms with E-state index < -0.39 is 0 Å². The van der Waals surface area contributed by atoms with Crippen molar-refractivity contribution in [2.45, 2.75) is 33.0 Å². The average molecular weight is 194 g/mol. The van der Waals surface area contributed by atoms with Gasteiger partial charge in [0.1, 0.15) is 17.7 Å². The Morgan fingerprint density at radius 1 is 1.43 bits per heavy atom. The molecule has 2 heterocycles. The van der Waals surface area contributed by atoms with Crippen LogP contribution in [0.4, 0.5) is 0 Å². The lowest BCUT2D eigenvalue weighted by Gasteiger charge is -2.08. The summed E-state index contributed by atoms with van der Waals surface area (Å²) in [5.74, 6) is 1.76. The van der Waals surface area contributed by atoms with E-state index in [1.165, 1.54) is 0 Å². The summed E-state index contributed by atoms with van der Waals surface area (Å²) in [6.07, 6.45) is -0.102. The Morgan fingerprint density at radius 3 is 2.57 bits per heavy atom. The molecule has 2 N–H and O–H groups in total. The Hall–Kier alpha value is -1.29. The fourth-order valence-corrected chi connectivity index (χ4v) is 1.74. The summed E-state index contributed by atoms with van der Waals surface area (Å²) < 4.78 is 5.41. The first-order valence-corrected chi connectivity index (χ1v) is 4.71. The fraction of sp³-hybridized carbons (Fsp3) is 0.500. The number of rotatable bonds is 1. The van der Waals surface area contributed by atoms with Crippen LogP contribution in [0, 0.1) is 13.8 Å². The van der Waals surface area contributed by atoms with E-state index in [1.54, 1.807) is 0 Å². The molecule has 1 aliphatic heterocycles. The number of amides is 1. The van der Waals surface area contributed by atoms with Gasteiger partial charge < -0.3 is 9.73 Å². The van der Waals surface area contributed by atoms with Crippen molar-refractivity contribution in [3.05, 3.63) is 23.2 Å². The van der Waals surface area contributed by atoms with E-state index in [0.717, 1.165) is 17.1 Å². The van der Waals surface area contributed by atoms with Gasteiger partial charge in [0.05, 0.1) is 6.04 Å². The molecule has 4 nitrogen and oxygen atoms in total. The Bertz CT molecular complexity index is 370. The molecule has 1 aromatic rings. The van der Waals surface area contributed by atoms with Crippen molar-refractivity contribution in [3.63, 3.8) is 0 Å². The third-order valence-electron chi connectivity index (χ3n) is 2.49. The van der Waals surface area contributed by atoms with Gasteiger partial charge in [-0.05, 0) is 26.8 Å². The third-order valence-corrected chi connectivity index (χ3v) is 2.49. The molecule has 2 unspecified atom stereocenters. The standard InChI is InChI=1S/C10H14N2O2/c1-5-4-8(7(3)14-5)9-11-6(2)10(13)12-9/h4,6,9,11H,1-3H3,(H,12,13). The van der Waals surface area contributed by atoms with Crippen molar-refractivity contribution in [1.82, 2.24) is 10.6 Å². The molecule has 1 aliphatic rings. The molecule has 0 aromatic carbocycles. The highest BCUT2D eigenvalue weighted by Gasteiger charge is 2.30. The van der Waals surface area contributed by atoms with Crippen molar-refractivity contribution in [2.75, 3.05) is 0 Å². The van der Waals surface area contributed by atoms with Gasteiger partial charge in [-0.25, -0.2) is 0 Å². The molecule has 0 radical (unpaired) electrons. The van der Waals surface area contributed by atoms with Crippen molar-refractivity contribution < 1.29 is 9.21 Å². The van der Waals surface area contributed by atoms with E-state index in [2.05, 4.69) is 10.6 Å². The van der Waals surface area contributed by atoms with E-state index in [4.69, 9.17) is 4.42 Å². The van der Waals surface area contributed by atoms with Gasteiger partial charge in [0.2, 0.25) is 5.91 Å². The molecule has 2 rings (SSSR count). The van der Waals surface area contributed by atoms with Gasteiger partial charge in [-0.2, -0.15) is 0 Å². The van der Waals surface area contributed by atoms with Gasteiger partial charge in [0.25, 0.3) is 0 Å². The number of hydrogen-bond acceptors (Lipinski definition) is 3. The van der Waals surface area contributed by atoms with E-state index >= 15 is 0 Å². The topological polar surface area (TPSA) is 54.3 Å². The fourth-order valence-electron chi connectivity index (χ4n) is 1.74. The van der Waals surface area contributed by atoms with E-state index in [0.29, 0.717) is 0 Å². The second kappa shape index (κ2) is 3.13. The summed E-state index contributed by atoms with van der Waals surface area (Å²) in [5.41, 5.74) is 1.01. The third kappa shape index (κ3) is 1.42. The first-order valence-electron chi connectivity index (χ1n) is 4.71. The predicted octanol–water partition coefficient (Wildman–Crippen LogP) is 1.00. The van der Waals surface area contributed by atoms with Gasteiger partial charge in [-0.3, -0.25) is 10.1 Å². The molecule has 0 saturated carbocycles. The molecule has 1 fully saturated rings. The van der Waals surface area contributed by atoms with Crippen LogP contribution in [0.15, 0.2) is 10.5 Å². The molecule has 4 heteroatoms. The maximum Gasteiger partial charge on any atom is 0.238 e. The monoisotopic (exact) mass is 194 g/mol. The Morgan fingerprint density at radius 2 is 2.14 bits per heavy atom. The van der Waals surface area contributed by atoms with E-state index in [9.17, 15) is 4.79 Å². The maximum atomic E-state index is 11.3. The van der Waals surface area contributed by atoms with Crippen LogP contribution in [-0.4, -0.2) is 11.9 Å². The van der Waals surface area contributed by atoms with Crippen LogP contribution in [0.2, 0.25) is 0 Å². The highest BCUT2D eigenvalue weighted by atomic mass is 16.3. The summed E-state index contributed by atoms with van der Waals surface area (Å²) in [6, 6.07) is 1.82. The smallest absolute Gasteiger partial charge is 0.238 e. The number of aryl methyl sites for hydroxylation is 2. The summed E-state index contributed by atoms with van der Waals surface area (Å²) in [5, 5.41) is 6.02. The number of hydrogen-bond donors (Lipinski definition) is 2. The Labute approximate surface area is 82.7 Å². The number of furan rings is 1. The van der Waals surface area contributed by atoms with Crippen LogP contribution in [-0.2, 0) is 4.79 Å². The van der Waals surface area contributed by atoms with E-state index in [-0.39, 0.29) is 18.1 Å². The second-order valence-corrected chi connectivity index (χ2v) is 3.70. The van der Waals surface area contributed by atoms with Crippen molar-refractivity contribution >= 4 is 5.91 Å². The van der Waals surface area contributed by atoms with Crippen LogP contribution in [0.25, 0.3) is 0 Å². The molecule has 0 bridgehead atoms. The normalized spacial score (nSPS) is 26.6. The number of carbonyl (C=O) groups excluding carboxylic acids is 1. The lowest BCUT2D eigenvalue weighted by Crippen LogP contribution is -2.24. The largest absolute Gasteiger partial charge is 0.466 e. The van der Waals surface area contributed by atoms with Crippen LogP contribution in [0.3, 0.4) is 0 Å². The first kappa shape index (κ1) is 9.27. The van der Waals surface area contributed by atoms with Crippen molar-refractivity contribution in [2.24, 2.45) is 0 Å². The number of carbonyl (C=O) groups is 1. The molecular weight excluding hydrogens is 180 g/mol. The van der Waals surface area contributed by atoms with Crippen LogP contribution in [0.5, 0.6) is 0 Å². The van der Waals surface area contributed by atoms with Crippen LogP contribution < -0.4 is 10.6 Å². The second-order valence-electron chi connectivity index (χ2n) is 3.70. The molecular formula is C10H14N2O2. The highest BCUT2D eigenvalue weighted by Crippen LogP contribution is 2.22. The molecule has 2 atom stereocenters. The molecule has 1 saturated heterocycles. The zero-order chi connectivity index (χ0) is 10.3. The zero-order valence-electron chi connectivity index (χ0n) is 8.55. The molecule has 1 amide bonds. The van der Waals surface area contributed by atoms with Gasteiger partial charge in [-0.15, -0.1) is 0 Å². The lowest BCUT2D eigenvalue weighted by atomic mass is 10.2. The Kier molecular flexibility index (Phi) is 2.07. The first-order chi connectivity index (χ1) is 6.58. The minimum absolute atomic E-state index is 0.0354. The predicted molar refractivity (Wildman–Crippen MR) is 51.7 cm³/mol. The van der Waals surface area contributed by atoms with Crippen molar-refractivity contribution in [3.8, 4) is 0 Å². The van der Waals surface area contributed by atoms with Crippen LogP contribution in [0.1, 0.15) is 30.2 Å². The maximum absolute atomic E-state index is 11.3. The summed E-state index contributed by atoms with van der Waals surface area (Å²) in [7, 11) is 0. The molecule has 14 heavy (non-hydrogen) atoms. The van der Waals surface area contributed by atoms with Gasteiger partial charge >= 0.3 is 0 Å². The molecule has 0 aliphatic carbocycles. The van der Waals surface area contributed by atoms with Gasteiger partial charge in [0, 0.05) is 5.56 Å². The molecule has 0 spiro atoms. The quantitative estimate of drug-likeness (QED) is 0.701. The minimum Gasteiger partial charge on any atom is -0.466 e. The molecule has 76 valence electrons. The highest BCUT2D eigenvalue weighted by molar-refractivity contribution is 5.83. The Balaban J connectivity index is 2.25. The number of nitrogens with one attached hydrogen (secondary N) is 2. The van der Waals surface area contributed by atoms with E-state index in [1.807, 2.05) is 26.8 Å². The molecule has 1 aromatic heterocycles. The van der Waals surface area contributed by atoms with Gasteiger partial charge in [0.15, 0.2) is 0 Å². The summed E-state index contributed by atoms with van der Waals surface area (Å²) in [4.78, 5) is 11.3. The zero-order valence-corrected chi connectivity index (χ0v) is 8.55.